The number of hydrogen-bond acceptors (Lipinski definition) is 15. The third-order valence-electron chi connectivity index (χ3n) is 15.9. The zero-order chi connectivity index (χ0) is 65.9. The molecule has 6 atom stereocenters. The molecule has 89 heavy (non-hydrogen) atoms. The van der Waals surface area contributed by atoms with Crippen molar-refractivity contribution in [3.8, 4) is 0 Å². The van der Waals surface area contributed by atoms with Gasteiger partial charge in [0.2, 0.25) is 0 Å². The van der Waals surface area contributed by atoms with E-state index in [-0.39, 0.29) is 25.7 Å². The van der Waals surface area contributed by atoms with Crippen molar-refractivity contribution in [1.29, 1.82) is 0 Å². The summed E-state index contributed by atoms with van der Waals surface area (Å²) in [7, 11) is -9.91. The van der Waals surface area contributed by atoms with Crippen LogP contribution in [0.4, 0.5) is 0 Å². The van der Waals surface area contributed by atoms with Crippen molar-refractivity contribution in [3.63, 3.8) is 0 Å². The highest BCUT2D eigenvalue weighted by Gasteiger charge is 2.30. The molecule has 0 saturated carbocycles. The lowest BCUT2D eigenvalue weighted by atomic mass is 10.00. The Morgan fingerprint density at radius 1 is 0.371 bits per heavy atom. The van der Waals surface area contributed by atoms with Crippen LogP contribution in [0.25, 0.3) is 0 Å². The van der Waals surface area contributed by atoms with Crippen LogP contribution < -0.4 is 0 Å². The SMILES string of the molecule is CCCCCC/C=C\C=C/CCCCCCCC(=O)O[C@H](COC(=O)CCCCCCCCCCCCC(C)C)COP(=O)(O)OC[C@@H](O)COP(=O)(O)OC[C@@H](COC(=O)CCCCCCCCC(C)CC)OC(=O)CCCCCCCCCCC(C)C. The van der Waals surface area contributed by atoms with Gasteiger partial charge in [0, 0.05) is 25.7 Å². The van der Waals surface area contributed by atoms with Crippen molar-refractivity contribution in [2.45, 2.75) is 343 Å². The summed E-state index contributed by atoms with van der Waals surface area (Å²) < 4.78 is 68.2. The van der Waals surface area contributed by atoms with Gasteiger partial charge in [0.1, 0.15) is 19.3 Å². The Kier molecular flexibility index (Phi) is 58.8. The minimum atomic E-state index is -4.96. The van der Waals surface area contributed by atoms with Gasteiger partial charge in [-0.25, -0.2) is 9.13 Å². The molecule has 0 radical (unpaired) electrons. The maximum Gasteiger partial charge on any atom is 0.472 e. The van der Waals surface area contributed by atoms with Crippen molar-refractivity contribution in [2.24, 2.45) is 17.8 Å². The van der Waals surface area contributed by atoms with E-state index < -0.39 is 97.5 Å². The molecular weight excluding hydrogens is 1170 g/mol. The second kappa shape index (κ2) is 60.5. The smallest absolute Gasteiger partial charge is 0.462 e. The third kappa shape index (κ3) is 62.7. The summed E-state index contributed by atoms with van der Waals surface area (Å²) in [5, 5.41) is 10.6. The number of rotatable bonds is 66. The van der Waals surface area contributed by atoms with Crippen LogP contribution in [0.15, 0.2) is 24.3 Å². The Bertz CT molecular complexity index is 1840. The van der Waals surface area contributed by atoms with Crippen LogP contribution in [-0.4, -0.2) is 96.7 Å². The normalized spacial score (nSPS) is 14.7. The predicted octanol–water partition coefficient (Wildman–Crippen LogP) is 19.4. The number of esters is 4. The molecule has 0 aliphatic carbocycles. The Labute approximate surface area is 542 Å². The largest absolute Gasteiger partial charge is 0.472 e. The van der Waals surface area contributed by atoms with E-state index in [0.717, 1.165) is 121 Å². The fourth-order valence-corrected chi connectivity index (χ4v) is 11.5. The van der Waals surface area contributed by atoms with Crippen LogP contribution in [0.2, 0.25) is 0 Å². The van der Waals surface area contributed by atoms with Gasteiger partial charge in [0.05, 0.1) is 26.4 Å². The van der Waals surface area contributed by atoms with Crippen molar-refractivity contribution < 1.29 is 80.2 Å². The van der Waals surface area contributed by atoms with Gasteiger partial charge in [0.25, 0.3) is 0 Å². The number of aliphatic hydroxyl groups is 1. The van der Waals surface area contributed by atoms with Crippen molar-refractivity contribution >= 4 is 39.5 Å². The number of carbonyl (C=O) groups excluding carboxylic acids is 4. The molecule has 0 amide bonds. The second-order valence-electron chi connectivity index (χ2n) is 25.8. The number of ether oxygens (including phenoxy) is 4. The van der Waals surface area contributed by atoms with E-state index in [1.807, 2.05) is 0 Å². The summed E-state index contributed by atoms with van der Waals surface area (Å²) in [6.45, 7) is 11.7. The van der Waals surface area contributed by atoms with Crippen LogP contribution in [-0.2, 0) is 65.4 Å². The molecular formula is C70H132O17P2. The number of hydrogen-bond donors (Lipinski definition) is 3. The molecule has 0 aliphatic heterocycles. The first-order valence-electron chi connectivity index (χ1n) is 35.7. The molecule has 3 unspecified atom stereocenters. The maximum atomic E-state index is 13.0. The third-order valence-corrected chi connectivity index (χ3v) is 17.8. The van der Waals surface area contributed by atoms with E-state index in [1.54, 1.807) is 0 Å². The lowest BCUT2D eigenvalue weighted by Crippen LogP contribution is -2.30. The van der Waals surface area contributed by atoms with Crippen molar-refractivity contribution in [1.82, 2.24) is 0 Å². The summed E-state index contributed by atoms with van der Waals surface area (Å²) >= 11 is 0. The monoisotopic (exact) mass is 1310 g/mol. The van der Waals surface area contributed by atoms with Crippen LogP contribution in [0.5, 0.6) is 0 Å². The highest BCUT2D eigenvalue weighted by Crippen LogP contribution is 2.45. The van der Waals surface area contributed by atoms with Gasteiger partial charge in [-0.2, -0.15) is 0 Å². The molecule has 0 heterocycles. The van der Waals surface area contributed by atoms with E-state index >= 15 is 0 Å². The van der Waals surface area contributed by atoms with E-state index in [9.17, 15) is 43.2 Å². The number of carbonyl (C=O) groups is 4. The van der Waals surface area contributed by atoms with E-state index in [0.29, 0.717) is 31.6 Å². The minimum absolute atomic E-state index is 0.0842. The van der Waals surface area contributed by atoms with E-state index in [1.165, 1.54) is 116 Å². The summed E-state index contributed by atoms with van der Waals surface area (Å²) in [6.07, 6.45) is 46.7. The average molecular weight is 1310 g/mol. The van der Waals surface area contributed by atoms with Crippen molar-refractivity contribution in [2.75, 3.05) is 39.6 Å². The Balaban J connectivity index is 5.30. The summed E-state index contributed by atoms with van der Waals surface area (Å²) in [5.41, 5.74) is 0. The predicted molar refractivity (Wildman–Crippen MR) is 358 cm³/mol. The quantitative estimate of drug-likeness (QED) is 0.0169. The molecule has 19 heteroatoms. The van der Waals surface area contributed by atoms with E-state index in [2.05, 4.69) is 72.8 Å². The van der Waals surface area contributed by atoms with Gasteiger partial charge >= 0.3 is 39.5 Å². The number of phosphoric acid groups is 2. The minimum Gasteiger partial charge on any atom is -0.462 e. The molecule has 0 spiro atoms. The van der Waals surface area contributed by atoms with Crippen LogP contribution in [0, 0.1) is 17.8 Å². The van der Waals surface area contributed by atoms with Crippen LogP contribution in [0.1, 0.15) is 325 Å². The van der Waals surface area contributed by atoms with Crippen LogP contribution >= 0.6 is 15.6 Å². The maximum absolute atomic E-state index is 13.0. The number of unbranched alkanes of at least 4 members (excludes halogenated alkanes) is 30. The average Bonchev–Trinajstić information content (AvgIpc) is 3.56. The molecule has 0 aromatic carbocycles. The fourth-order valence-electron chi connectivity index (χ4n) is 9.97. The highest BCUT2D eigenvalue weighted by atomic mass is 31.2. The van der Waals surface area contributed by atoms with Gasteiger partial charge in [-0.15, -0.1) is 0 Å². The zero-order valence-corrected chi connectivity index (χ0v) is 59.2. The molecule has 0 aromatic heterocycles. The Hall–Kier alpha value is -2.46. The molecule has 0 aliphatic rings. The molecule has 0 bridgehead atoms. The number of allylic oxidation sites excluding steroid dienone is 4. The molecule has 3 N–H and O–H groups in total. The molecule has 0 aromatic rings. The molecule has 0 fully saturated rings. The van der Waals surface area contributed by atoms with Crippen molar-refractivity contribution in [3.05, 3.63) is 24.3 Å². The fraction of sp³-hybridized carbons (Fsp3) is 0.886. The van der Waals surface area contributed by atoms with Gasteiger partial charge in [0.15, 0.2) is 12.2 Å². The Morgan fingerprint density at radius 3 is 1.00 bits per heavy atom. The first-order valence-corrected chi connectivity index (χ1v) is 38.7. The van der Waals surface area contributed by atoms with E-state index in [4.69, 9.17) is 37.0 Å². The van der Waals surface area contributed by atoms with Gasteiger partial charge in [-0.05, 0) is 69.1 Å². The summed E-state index contributed by atoms with van der Waals surface area (Å²) in [4.78, 5) is 72.5. The molecule has 524 valence electrons. The molecule has 17 nitrogen and oxygen atoms in total. The zero-order valence-electron chi connectivity index (χ0n) is 57.4. The lowest BCUT2D eigenvalue weighted by Gasteiger charge is -2.21. The second-order valence-corrected chi connectivity index (χ2v) is 28.7. The van der Waals surface area contributed by atoms with Gasteiger partial charge in [-0.3, -0.25) is 37.3 Å². The number of aliphatic hydroxyl groups excluding tert-OH is 1. The highest BCUT2D eigenvalue weighted by molar-refractivity contribution is 7.47. The van der Waals surface area contributed by atoms with Gasteiger partial charge in [-0.1, -0.05) is 272 Å². The van der Waals surface area contributed by atoms with Crippen LogP contribution in [0.3, 0.4) is 0 Å². The standard InChI is InChI=1S/C70H132O17P2/c1-8-10-11-12-13-14-15-16-17-18-19-24-30-39-46-53-69(74)86-65(57-80-67(72)51-44-37-29-23-21-20-22-27-34-41-48-61(3)4)59-84-88(76,77)82-55-64(71)56-83-89(78,79)85-60-66(58-81-68(73)52-45-38-33-32-36-43-50-63(7)9-2)87-70(75)54-47-40-31-26-25-28-35-42-49-62(5)6/h14-17,61-66,71H,8-13,18-60H2,1-7H3,(H,76,77)(H,78,79)/b15-14-,17-16-/t63?,64-,65-,66-/m1/s1. The number of phosphoric ester groups is 2. The van der Waals surface area contributed by atoms with Gasteiger partial charge < -0.3 is 33.8 Å². The molecule has 0 rings (SSSR count). The summed E-state index contributed by atoms with van der Waals surface area (Å²) in [5.74, 6) is 0.0417. The first kappa shape index (κ1) is 86.5. The topological polar surface area (TPSA) is 237 Å². The summed E-state index contributed by atoms with van der Waals surface area (Å²) in [6, 6.07) is 0. The Morgan fingerprint density at radius 2 is 0.663 bits per heavy atom. The first-order chi connectivity index (χ1) is 42.8. The lowest BCUT2D eigenvalue weighted by molar-refractivity contribution is -0.161. The molecule has 0 saturated heterocycles.